The maximum Gasteiger partial charge on any atom is 0.330 e. The first-order valence-corrected chi connectivity index (χ1v) is 17.2. The zero-order valence-corrected chi connectivity index (χ0v) is 27.7. The fourth-order valence-electron chi connectivity index (χ4n) is 5.69. The number of ether oxygens (including phenoxy) is 1. The van der Waals surface area contributed by atoms with Crippen molar-refractivity contribution in [2.75, 3.05) is 7.11 Å². The van der Waals surface area contributed by atoms with Crippen LogP contribution in [0.2, 0.25) is 5.04 Å². The van der Waals surface area contributed by atoms with Gasteiger partial charge in [-0.3, -0.25) is 4.79 Å². The Kier molecular flexibility index (Phi) is 9.99. The molecule has 0 radical (unpaired) electrons. The molecule has 232 valence electrons. The highest BCUT2D eigenvalue weighted by Gasteiger charge is 2.52. The average molecular weight is 626 g/mol. The summed E-state index contributed by atoms with van der Waals surface area (Å²) in [6, 6.07) is 44.5. The van der Waals surface area contributed by atoms with Crippen LogP contribution in [-0.2, 0) is 16.1 Å². The second-order valence-corrected chi connectivity index (χ2v) is 16.4. The standard InChI is InChI=1S/C40H39NO4Si/c1-40(2,3)46(36-16-10-6-11-17-36,37-18-12-7-13-19-37)45-35-23-20-30(21-24-35)29-41-39(43)34-27-31(22-25-38(42)44-4)26-33(28-34)32-14-8-5-9-15-32/h5-28H,29H2,1-4H3,(H,41,43)/b25-22+. The smallest absolute Gasteiger partial charge is 0.330 e. The van der Waals surface area contributed by atoms with Gasteiger partial charge in [0.2, 0.25) is 0 Å². The van der Waals surface area contributed by atoms with Gasteiger partial charge < -0.3 is 14.5 Å². The molecule has 5 aromatic carbocycles. The van der Waals surface area contributed by atoms with E-state index in [9.17, 15) is 9.59 Å². The van der Waals surface area contributed by atoms with Crippen LogP contribution in [0.25, 0.3) is 17.2 Å². The topological polar surface area (TPSA) is 64.6 Å². The average Bonchev–Trinajstić information content (AvgIpc) is 3.09. The van der Waals surface area contributed by atoms with E-state index in [0.29, 0.717) is 12.1 Å². The molecule has 0 atom stereocenters. The predicted molar refractivity (Wildman–Crippen MR) is 189 cm³/mol. The van der Waals surface area contributed by atoms with Gasteiger partial charge in [0.1, 0.15) is 5.75 Å². The van der Waals surface area contributed by atoms with Crippen molar-refractivity contribution in [3.05, 3.63) is 156 Å². The number of methoxy groups -OCH3 is 1. The number of benzene rings is 5. The SMILES string of the molecule is COC(=O)/C=C/c1cc(C(=O)NCc2ccc(O[Si](c3ccccc3)(c3ccccc3)C(C)(C)C)cc2)cc(-c2ccccc2)c1. The zero-order valence-electron chi connectivity index (χ0n) is 26.7. The molecule has 0 fully saturated rings. The lowest BCUT2D eigenvalue weighted by molar-refractivity contribution is -0.134. The van der Waals surface area contributed by atoms with E-state index < -0.39 is 14.3 Å². The first-order chi connectivity index (χ1) is 22.2. The summed E-state index contributed by atoms with van der Waals surface area (Å²) < 4.78 is 11.9. The molecule has 0 heterocycles. The van der Waals surface area contributed by atoms with Crippen LogP contribution >= 0.6 is 0 Å². The lowest BCUT2D eigenvalue weighted by Gasteiger charge is -2.43. The quantitative estimate of drug-likeness (QED) is 0.0998. The second-order valence-electron chi connectivity index (χ2n) is 12.2. The van der Waals surface area contributed by atoms with E-state index in [1.165, 1.54) is 23.6 Å². The number of amides is 1. The molecule has 0 aliphatic rings. The van der Waals surface area contributed by atoms with Crippen LogP contribution in [0, 0.1) is 0 Å². The van der Waals surface area contributed by atoms with Crippen LogP contribution in [0.15, 0.2) is 140 Å². The number of carbonyl (C=O) groups excluding carboxylic acids is 2. The van der Waals surface area contributed by atoms with Crippen LogP contribution in [0.4, 0.5) is 0 Å². The van der Waals surface area contributed by atoms with Crippen molar-refractivity contribution in [2.45, 2.75) is 32.4 Å². The largest absolute Gasteiger partial charge is 0.534 e. The normalized spacial score (nSPS) is 11.7. The monoisotopic (exact) mass is 625 g/mol. The van der Waals surface area contributed by atoms with Crippen molar-refractivity contribution < 1.29 is 18.8 Å². The minimum absolute atomic E-state index is 0.151. The second kappa shape index (κ2) is 14.3. The maximum absolute atomic E-state index is 13.4. The molecule has 1 N–H and O–H groups in total. The molecular formula is C40H39NO4Si. The van der Waals surface area contributed by atoms with Crippen LogP contribution in [0.5, 0.6) is 5.75 Å². The van der Waals surface area contributed by atoms with Crippen LogP contribution in [0.1, 0.15) is 42.3 Å². The summed E-state index contributed by atoms with van der Waals surface area (Å²) in [6.07, 6.45) is 3.00. The van der Waals surface area contributed by atoms with Gasteiger partial charge in [0.15, 0.2) is 0 Å². The van der Waals surface area contributed by atoms with Crippen molar-refractivity contribution in [1.82, 2.24) is 5.32 Å². The summed E-state index contributed by atoms with van der Waals surface area (Å²) in [5, 5.41) is 5.33. The Morgan fingerprint density at radius 2 is 1.28 bits per heavy atom. The Morgan fingerprint density at radius 1 is 0.717 bits per heavy atom. The summed E-state index contributed by atoms with van der Waals surface area (Å²) in [4.78, 5) is 25.1. The molecule has 0 unspecified atom stereocenters. The molecule has 0 aliphatic heterocycles. The summed E-state index contributed by atoms with van der Waals surface area (Å²) in [6.45, 7) is 7.12. The molecule has 0 spiro atoms. The number of hydrogen-bond donors (Lipinski definition) is 1. The highest BCUT2D eigenvalue weighted by Crippen LogP contribution is 2.37. The number of carbonyl (C=O) groups is 2. The van der Waals surface area contributed by atoms with E-state index in [4.69, 9.17) is 9.16 Å². The molecule has 0 bridgehead atoms. The molecule has 0 aliphatic carbocycles. The third-order valence-electron chi connectivity index (χ3n) is 8.00. The fraction of sp³-hybridized carbons (Fsp3) is 0.150. The van der Waals surface area contributed by atoms with Gasteiger partial charge in [-0.1, -0.05) is 124 Å². The van der Waals surface area contributed by atoms with Gasteiger partial charge in [0.05, 0.1) is 7.11 Å². The molecule has 5 aromatic rings. The number of esters is 1. The Balaban J connectivity index is 1.37. The minimum Gasteiger partial charge on any atom is -0.534 e. The molecule has 0 saturated heterocycles. The Labute approximate surface area is 272 Å². The van der Waals surface area contributed by atoms with Gasteiger partial charge in [-0.15, -0.1) is 0 Å². The Bertz CT molecular complexity index is 1760. The first kappa shape index (κ1) is 32.2. The summed E-state index contributed by atoms with van der Waals surface area (Å²) in [5.41, 5.74) is 4.02. The van der Waals surface area contributed by atoms with E-state index >= 15 is 0 Å². The Morgan fingerprint density at radius 3 is 1.83 bits per heavy atom. The van der Waals surface area contributed by atoms with Gasteiger partial charge in [0, 0.05) is 18.2 Å². The summed E-state index contributed by atoms with van der Waals surface area (Å²) in [5.74, 6) is 0.124. The number of hydrogen-bond acceptors (Lipinski definition) is 4. The van der Waals surface area contributed by atoms with Crippen LogP contribution < -0.4 is 20.1 Å². The zero-order chi connectivity index (χ0) is 32.6. The predicted octanol–water partition coefficient (Wildman–Crippen LogP) is 7.41. The van der Waals surface area contributed by atoms with Crippen molar-refractivity contribution >= 4 is 36.6 Å². The van der Waals surface area contributed by atoms with E-state index in [1.54, 1.807) is 12.1 Å². The van der Waals surface area contributed by atoms with Crippen molar-refractivity contribution in [3.63, 3.8) is 0 Å². The van der Waals surface area contributed by atoms with Crippen LogP contribution in [-0.4, -0.2) is 27.3 Å². The van der Waals surface area contributed by atoms with E-state index in [2.05, 4.69) is 74.6 Å². The number of rotatable bonds is 10. The minimum atomic E-state index is -2.75. The fourth-order valence-corrected chi connectivity index (χ4v) is 10.1. The molecule has 0 saturated carbocycles. The highest BCUT2D eigenvalue weighted by atomic mass is 28.4. The van der Waals surface area contributed by atoms with Gasteiger partial charge in [0.25, 0.3) is 5.91 Å². The van der Waals surface area contributed by atoms with Gasteiger partial charge in [-0.2, -0.15) is 0 Å². The molecular weight excluding hydrogens is 587 g/mol. The van der Waals surface area contributed by atoms with E-state index in [-0.39, 0.29) is 10.9 Å². The molecule has 5 nitrogen and oxygen atoms in total. The van der Waals surface area contributed by atoms with Gasteiger partial charge in [-0.05, 0) is 74.1 Å². The molecule has 6 heteroatoms. The third-order valence-corrected chi connectivity index (χ3v) is 12.9. The maximum atomic E-state index is 13.4. The molecule has 46 heavy (non-hydrogen) atoms. The highest BCUT2D eigenvalue weighted by molar-refractivity contribution is 7.00. The van der Waals surface area contributed by atoms with Crippen LogP contribution in [0.3, 0.4) is 0 Å². The summed E-state index contributed by atoms with van der Waals surface area (Å²) in [7, 11) is -1.41. The summed E-state index contributed by atoms with van der Waals surface area (Å²) >= 11 is 0. The van der Waals surface area contributed by atoms with Gasteiger partial charge in [-0.25, -0.2) is 4.79 Å². The van der Waals surface area contributed by atoms with Crippen molar-refractivity contribution in [3.8, 4) is 16.9 Å². The van der Waals surface area contributed by atoms with Crippen molar-refractivity contribution in [1.29, 1.82) is 0 Å². The lowest BCUT2D eigenvalue weighted by atomic mass is 9.99. The first-order valence-electron chi connectivity index (χ1n) is 15.3. The van der Waals surface area contributed by atoms with Crippen molar-refractivity contribution in [2.24, 2.45) is 0 Å². The number of nitrogens with one attached hydrogen (secondary N) is 1. The molecule has 1 amide bonds. The molecule has 0 aromatic heterocycles. The third kappa shape index (κ3) is 7.36. The van der Waals surface area contributed by atoms with Gasteiger partial charge >= 0.3 is 14.3 Å². The molecule has 5 rings (SSSR count). The van der Waals surface area contributed by atoms with E-state index in [0.717, 1.165) is 28.0 Å². The lowest BCUT2D eigenvalue weighted by Crippen LogP contribution is -2.68. The van der Waals surface area contributed by atoms with E-state index in [1.807, 2.05) is 78.9 Å². The Hall–Kier alpha value is -5.20.